The lowest BCUT2D eigenvalue weighted by Gasteiger charge is -2.06. The quantitative estimate of drug-likeness (QED) is 0.547. The average molecular weight is 176 g/mol. The number of anilines is 1. The molecule has 3 heteroatoms. The minimum absolute atomic E-state index is 0.225. The van der Waals surface area contributed by atoms with Crippen molar-refractivity contribution in [2.45, 2.75) is 13.3 Å². The van der Waals surface area contributed by atoms with Crippen LogP contribution < -0.4 is 5.32 Å². The zero-order valence-corrected chi connectivity index (χ0v) is 7.54. The Morgan fingerprint density at radius 1 is 1.54 bits per heavy atom. The van der Waals surface area contributed by atoms with Gasteiger partial charge in [0.25, 0.3) is 0 Å². The third-order valence-corrected chi connectivity index (χ3v) is 1.70. The topological polar surface area (TPSA) is 56.0 Å². The van der Waals surface area contributed by atoms with Crippen molar-refractivity contribution in [2.75, 3.05) is 11.9 Å². The third-order valence-electron chi connectivity index (χ3n) is 1.70. The molecule has 0 aromatic heterocycles. The van der Waals surface area contributed by atoms with Crippen LogP contribution in [0.4, 0.5) is 5.69 Å². The normalized spacial score (nSPS) is 9.23. The molecule has 0 aliphatic rings. The van der Waals surface area contributed by atoms with Crippen molar-refractivity contribution in [2.24, 2.45) is 0 Å². The Bertz CT molecular complexity index is 328. The van der Waals surface area contributed by atoms with Gasteiger partial charge in [0.05, 0.1) is 18.2 Å². The van der Waals surface area contributed by atoms with Crippen LogP contribution in [0.15, 0.2) is 18.2 Å². The highest BCUT2D eigenvalue weighted by molar-refractivity contribution is 5.57. The van der Waals surface area contributed by atoms with Crippen molar-refractivity contribution in [3.8, 4) is 11.8 Å². The van der Waals surface area contributed by atoms with Gasteiger partial charge in [0.15, 0.2) is 0 Å². The van der Waals surface area contributed by atoms with E-state index in [2.05, 4.69) is 5.32 Å². The number of nitrogens with zero attached hydrogens (tertiary/aromatic N) is 1. The van der Waals surface area contributed by atoms with Gasteiger partial charge in [-0.25, -0.2) is 0 Å². The maximum atomic E-state index is 9.39. The molecule has 0 heterocycles. The van der Waals surface area contributed by atoms with Crippen molar-refractivity contribution in [3.05, 3.63) is 23.8 Å². The number of hydrogen-bond acceptors (Lipinski definition) is 3. The summed E-state index contributed by atoms with van der Waals surface area (Å²) in [5, 5.41) is 20.7. The van der Waals surface area contributed by atoms with E-state index in [0.717, 1.165) is 5.56 Å². The van der Waals surface area contributed by atoms with Crippen LogP contribution in [0.25, 0.3) is 0 Å². The Kier molecular flexibility index (Phi) is 3.15. The summed E-state index contributed by atoms with van der Waals surface area (Å²) in [7, 11) is 0. The van der Waals surface area contributed by atoms with Crippen LogP contribution in [0, 0.1) is 18.3 Å². The highest BCUT2D eigenvalue weighted by Crippen LogP contribution is 2.23. The maximum absolute atomic E-state index is 9.39. The Morgan fingerprint density at radius 3 is 3.00 bits per heavy atom. The van der Waals surface area contributed by atoms with Crippen LogP contribution in [0.1, 0.15) is 12.0 Å². The number of phenols is 1. The first kappa shape index (κ1) is 9.40. The molecule has 0 aliphatic heterocycles. The Labute approximate surface area is 77.6 Å². The molecule has 0 fully saturated rings. The van der Waals surface area contributed by atoms with Gasteiger partial charge in [-0.05, 0) is 24.6 Å². The van der Waals surface area contributed by atoms with E-state index >= 15 is 0 Å². The zero-order valence-electron chi connectivity index (χ0n) is 7.54. The fourth-order valence-corrected chi connectivity index (χ4v) is 1.04. The SMILES string of the molecule is Cc1ccc(O)c(NCCC#N)c1. The molecule has 0 amide bonds. The molecule has 0 bridgehead atoms. The molecular weight excluding hydrogens is 164 g/mol. The van der Waals surface area contributed by atoms with Crippen LogP contribution in [0.2, 0.25) is 0 Å². The lowest BCUT2D eigenvalue weighted by atomic mass is 10.2. The summed E-state index contributed by atoms with van der Waals surface area (Å²) in [6.45, 7) is 2.52. The Hall–Kier alpha value is -1.69. The van der Waals surface area contributed by atoms with Crippen LogP contribution in [-0.4, -0.2) is 11.7 Å². The molecule has 3 nitrogen and oxygen atoms in total. The number of aromatic hydroxyl groups is 1. The molecule has 0 atom stereocenters. The predicted molar refractivity (Wildman–Crippen MR) is 51.6 cm³/mol. The summed E-state index contributed by atoms with van der Waals surface area (Å²) < 4.78 is 0. The first-order valence-electron chi connectivity index (χ1n) is 4.14. The van der Waals surface area contributed by atoms with Gasteiger partial charge in [0.1, 0.15) is 5.75 Å². The van der Waals surface area contributed by atoms with E-state index in [-0.39, 0.29) is 5.75 Å². The number of phenolic OH excluding ortho intramolecular Hbond substituents is 1. The van der Waals surface area contributed by atoms with E-state index in [4.69, 9.17) is 5.26 Å². The second kappa shape index (κ2) is 4.36. The molecule has 2 N–H and O–H groups in total. The fourth-order valence-electron chi connectivity index (χ4n) is 1.04. The molecule has 0 saturated heterocycles. The van der Waals surface area contributed by atoms with Crippen molar-refractivity contribution in [1.82, 2.24) is 0 Å². The number of nitrogens with one attached hydrogen (secondary N) is 1. The third kappa shape index (κ3) is 2.68. The van der Waals surface area contributed by atoms with Crippen molar-refractivity contribution in [1.29, 1.82) is 5.26 Å². The molecule has 0 saturated carbocycles. The molecule has 1 rings (SSSR count). The number of aryl methyl sites for hydroxylation is 1. The van der Waals surface area contributed by atoms with E-state index in [1.807, 2.05) is 25.1 Å². The molecule has 13 heavy (non-hydrogen) atoms. The lowest BCUT2D eigenvalue weighted by molar-refractivity contribution is 0.477. The summed E-state index contributed by atoms with van der Waals surface area (Å²) in [5.41, 5.74) is 1.77. The Balaban J connectivity index is 2.65. The first-order valence-corrected chi connectivity index (χ1v) is 4.14. The van der Waals surface area contributed by atoms with Crippen LogP contribution in [0.3, 0.4) is 0 Å². The summed E-state index contributed by atoms with van der Waals surface area (Å²) in [6, 6.07) is 7.36. The van der Waals surface area contributed by atoms with E-state index in [1.54, 1.807) is 6.07 Å². The van der Waals surface area contributed by atoms with Crippen molar-refractivity contribution in [3.63, 3.8) is 0 Å². The summed E-state index contributed by atoms with van der Waals surface area (Å²) in [5.74, 6) is 0.225. The second-order valence-electron chi connectivity index (χ2n) is 2.86. The average Bonchev–Trinajstić information content (AvgIpc) is 2.11. The van der Waals surface area contributed by atoms with Crippen LogP contribution >= 0.6 is 0 Å². The summed E-state index contributed by atoms with van der Waals surface area (Å²) >= 11 is 0. The fraction of sp³-hybridized carbons (Fsp3) is 0.300. The maximum Gasteiger partial charge on any atom is 0.138 e. The first-order chi connectivity index (χ1) is 6.24. The van der Waals surface area contributed by atoms with Crippen molar-refractivity contribution >= 4 is 5.69 Å². The van der Waals surface area contributed by atoms with Crippen molar-refractivity contribution < 1.29 is 5.11 Å². The number of nitriles is 1. The molecule has 0 unspecified atom stereocenters. The van der Waals surface area contributed by atoms with Gasteiger partial charge in [-0.3, -0.25) is 0 Å². The Morgan fingerprint density at radius 2 is 2.31 bits per heavy atom. The lowest BCUT2D eigenvalue weighted by Crippen LogP contribution is -2.00. The number of hydrogen-bond donors (Lipinski definition) is 2. The van der Waals surface area contributed by atoms with Gasteiger partial charge in [-0.1, -0.05) is 6.07 Å². The van der Waals surface area contributed by atoms with Gasteiger partial charge in [-0.2, -0.15) is 5.26 Å². The number of benzene rings is 1. The van der Waals surface area contributed by atoms with Gasteiger partial charge >= 0.3 is 0 Å². The molecule has 0 aliphatic carbocycles. The largest absolute Gasteiger partial charge is 0.506 e. The van der Waals surface area contributed by atoms with E-state index in [9.17, 15) is 5.11 Å². The highest BCUT2D eigenvalue weighted by Gasteiger charge is 1.98. The molecule has 1 aromatic rings. The zero-order chi connectivity index (χ0) is 9.68. The van der Waals surface area contributed by atoms with Gasteiger partial charge < -0.3 is 10.4 Å². The molecule has 68 valence electrons. The van der Waals surface area contributed by atoms with Gasteiger partial charge in [-0.15, -0.1) is 0 Å². The summed E-state index contributed by atoms with van der Waals surface area (Å²) in [4.78, 5) is 0. The second-order valence-corrected chi connectivity index (χ2v) is 2.86. The standard InChI is InChI=1S/C10H12N2O/c1-8-3-4-10(13)9(7-8)12-6-2-5-11/h3-4,7,12-13H,2,6H2,1H3. The van der Waals surface area contributed by atoms with E-state index < -0.39 is 0 Å². The molecule has 0 radical (unpaired) electrons. The molecule has 1 aromatic carbocycles. The van der Waals surface area contributed by atoms with Gasteiger partial charge in [0, 0.05) is 6.54 Å². The predicted octanol–water partition coefficient (Wildman–Crippen LogP) is 2.03. The van der Waals surface area contributed by atoms with Gasteiger partial charge in [0.2, 0.25) is 0 Å². The smallest absolute Gasteiger partial charge is 0.138 e. The minimum Gasteiger partial charge on any atom is -0.506 e. The highest BCUT2D eigenvalue weighted by atomic mass is 16.3. The monoisotopic (exact) mass is 176 g/mol. The number of rotatable bonds is 3. The molecular formula is C10H12N2O. The van der Waals surface area contributed by atoms with Crippen LogP contribution in [-0.2, 0) is 0 Å². The van der Waals surface area contributed by atoms with E-state index in [1.165, 1.54) is 0 Å². The van der Waals surface area contributed by atoms with E-state index in [0.29, 0.717) is 18.7 Å². The van der Waals surface area contributed by atoms with Crippen LogP contribution in [0.5, 0.6) is 5.75 Å². The summed E-state index contributed by atoms with van der Waals surface area (Å²) in [6.07, 6.45) is 0.438. The minimum atomic E-state index is 0.225. The molecule has 0 spiro atoms.